The highest BCUT2D eigenvalue weighted by Gasteiger charge is 2.59. The molecule has 4 rings (SSSR count). The molecule has 0 aliphatic carbocycles. The molecule has 1 aromatic heterocycles. The Balaban J connectivity index is 1.79. The molecule has 2 aliphatic rings. The predicted octanol–water partition coefficient (Wildman–Crippen LogP) is 2.58. The Morgan fingerprint density at radius 2 is 1.91 bits per heavy atom. The molecule has 2 aromatic rings. The lowest BCUT2D eigenvalue weighted by molar-refractivity contribution is 0.102. The van der Waals surface area contributed by atoms with E-state index in [0.717, 1.165) is 18.3 Å². The van der Waals surface area contributed by atoms with Gasteiger partial charge in [-0.3, -0.25) is 24.0 Å². The number of pyridine rings is 1. The van der Waals surface area contributed by atoms with E-state index in [9.17, 15) is 23.3 Å². The quantitative estimate of drug-likeness (QED) is 0.419. The number of fused-ring (bicyclic) bond motifs is 1. The van der Waals surface area contributed by atoms with Gasteiger partial charge in [-0.1, -0.05) is 0 Å². The monoisotopic (exact) mass is 493 g/mol. The van der Waals surface area contributed by atoms with Crippen molar-refractivity contribution in [1.29, 1.82) is 0 Å². The highest BCUT2D eigenvalue weighted by molar-refractivity contribution is 8.04. The Morgan fingerprint density at radius 1 is 1.18 bits per heavy atom. The number of amidine groups is 1. The summed E-state index contributed by atoms with van der Waals surface area (Å²) in [6, 6.07) is 6.21. The number of aromatic nitrogens is 1. The first-order chi connectivity index (χ1) is 15.9. The van der Waals surface area contributed by atoms with Crippen LogP contribution < -0.4 is 15.4 Å². The summed E-state index contributed by atoms with van der Waals surface area (Å²) >= 11 is 0. The maximum Gasteiger partial charge on any atom is 0.410 e. The van der Waals surface area contributed by atoms with Gasteiger partial charge in [0.25, 0.3) is 5.91 Å². The number of benzene rings is 1. The number of aliphatic imine (C=N–C) groups is 1. The number of halogens is 2. The fourth-order valence-corrected chi connectivity index (χ4v) is 8.37. The average molecular weight is 494 g/mol. The van der Waals surface area contributed by atoms with Crippen molar-refractivity contribution in [2.45, 2.75) is 42.7 Å². The smallest absolute Gasteiger partial charge is 0.410 e. The van der Waals surface area contributed by atoms with Gasteiger partial charge in [-0.05, 0) is 67.6 Å². The largest absolute Gasteiger partial charge is 0.465 e. The summed E-state index contributed by atoms with van der Waals surface area (Å²) in [5, 5.41) is 13.6. The molecule has 0 unspecified atom stereocenters. The summed E-state index contributed by atoms with van der Waals surface area (Å²) in [5.74, 6) is -1.89. The maximum atomic E-state index is 15.2. The molecule has 0 saturated carbocycles. The third kappa shape index (κ3) is 3.76. The summed E-state index contributed by atoms with van der Waals surface area (Å²) in [6.07, 6.45) is -0.0189. The second-order valence-corrected chi connectivity index (χ2v) is 12.4. The van der Waals surface area contributed by atoms with E-state index >= 15 is 4.39 Å². The molecule has 12 heteroatoms. The number of nitrogens with one attached hydrogen (secondary N) is 3. The van der Waals surface area contributed by atoms with Gasteiger partial charge >= 0.3 is 6.09 Å². The first-order valence-electron chi connectivity index (χ1n) is 10.6. The van der Waals surface area contributed by atoms with Crippen LogP contribution in [0.25, 0.3) is 0 Å². The molecule has 4 N–H and O–H groups in total. The SMILES string of the molecule is CC1(C)C(NC(=O)O)=N[C@](C)(c2cc(NC(=O)c3ccc(F)cn3)ccc2F)[C@@H]2CCN[SH]21=O. The minimum atomic E-state index is -3.30. The molecule has 1 saturated heterocycles. The van der Waals surface area contributed by atoms with Crippen LogP contribution in [0.15, 0.2) is 41.5 Å². The fourth-order valence-electron chi connectivity index (χ4n) is 4.70. The van der Waals surface area contributed by atoms with Crippen LogP contribution in [0.4, 0.5) is 19.3 Å². The number of thiol groups is 1. The molecule has 34 heavy (non-hydrogen) atoms. The number of anilines is 1. The van der Waals surface area contributed by atoms with Crippen LogP contribution in [0.1, 0.15) is 43.2 Å². The van der Waals surface area contributed by atoms with E-state index in [1.807, 2.05) is 0 Å². The van der Waals surface area contributed by atoms with E-state index in [0.29, 0.717) is 13.0 Å². The Bertz CT molecular complexity index is 1250. The minimum absolute atomic E-state index is 0.0270. The summed E-state index contributed by atoms with van der Waals surface area (Å²) in [5.41, 5.74) is -1.13. The number of carbonyl (C=O) groups is 2. The van der Waals surface area contributed by atoms with Crippen LogP contribution in [0.3, 0.4) is 0 Å². The lowest BCUT2D eigenvalue weighted by atomic mass is 9.85. The second kappa shape index (κ2) is 8.20. The van der Waals surface area contributed by atoms with Gasteiger partial charge in [-0.15, -0.1) is 0 Å². The fraction of sp³-hybridized carbons (Fsp3) is 0.364. The van der Waals surface area contributed by atoms with Crippen molar-refractivity contribution in [3.63, 3.8) is 0 Å². The van der Waals surface area contributed by atoms with Crippen molar-refractivity contribution in [2.24, 2.45) is 4.99 Å². The van der Waals surface area contributed by atoms with Gasteiger partial charge in [0, 0.05) is 17.8 Å². The lowest BCUT2D eigenvalue weighted by Crippen LogP contribution is -2.65. The zero-order valence-corrected chi connectivity index (χ0v) is 19.6. The maximum absolute atomic E-state index is 15.2. The van der Waals surface area contributed by atoms with Gasteiger partial charge in [0.05, 0.1) is 16.2 Å². The van der Waals surface area contributed by atoms with Crippen LogP contribution in [-0.2, 0) is 15.7 Å². The number of amides is 2. The molecule has 182 valence electrons. The Labute approximate surface area is 195 Å². The minimum Gasteiger partial charge on any atom is -0.465 e. The predicted molar refractivity (Wildman–Crippen MR) is 125 cm³/mol. The molecule has 2 atom stereocenters. The van der Waals surface area contributed by atoms with Gasteiger partial charge in [0.15, 0.2) is 0 Å². The van der Waals surface area contributed by atoms with E-state index in [-0.39, 0.29) is 22.8 Å². The Kier molecular flexibility index (Phi) is 5.76. The van der Waals surface area contributed by atoms with Gasteiger partial charge in [0.1, 0.15) is 28.7 Å². The van der Waals surface area contributed by atoms with E-state index in [4.69, 9.17) is 0 Å². The zero-order valence-electron chi connectivity index (χ0n) is 18.7. The molecular weight excluding hydrogens is 468 g/mol. The molecule has 1 aromatic carbocycles. The normalized spacial score (nSPS) is 25.6. The van der Waals surface area contributed by atoms with Crippen molar-refractivity contribution in [3.8, 4) is 0 Å². The summed E-state index contributed by atoms with van der Waals surface area (Å²) < 4.78 is 44.4. The van der Waals surface area contributed by atoms with Crippen molar-refractivity contribution >= 4 is 33.6 Å². The van der Waals surface area contributed by atoms with Crippen LogP contribution in [0.2, 0.25) is 0 Å². The summed E-state index contributed by atoms with van der Waals surface area (Å²) in [4.78, 5) is 32.3. The van der Waals surface area contributed by atoms with Crippen LogP contribution in [-0.4, -0.2) is 48.7 Å². The van der Waals surface area contributed by atoms with Crippen molar-refractivity contribution in [1.82, 2.24) is 15.0 Å². The highest BCUT2D eigenvalue weighted by atomic mass is 32.3. The van der Waals surface area contributed by atoms with Gasteiger partial charge in [-0.25, -0.2) is 18.6 Å². The number of nitrogens with zero attached hydrogens (tertiary/aromatic N) is 2. The van der Waals surface area contributed by atoms with Crippen molar-refractivity contribution in [2.75, 3.05) is 11.9 Å². The van der Waals surface area contributed by atoms with Gasteiger partial charge in [0.2, 0.25) is 0 Å². The highest BCUT2D eigenvalue weighted by Crippen LogP contribution is 2.49. The Hall–Kier alpha value is -3.25. The number of carbonyl (C=O) groups excluding carboxylic acids is 1. The topological polar surface area (TPSA) is 133 Å². The van der Waals surface area contributed by atoms with E-state index in [1.54, 1.807) is 20.8 Å². The van der Waals surface area contributed by atoms with Crippen molar-refractivity contribution < 1.29 is 27.7 Å². The summed E-state index contributed by atoms with van der Waals surface area (Å²) in [7, 11) is -3.30. The van der Waals surface area contributed by atoms with Gasteiger partial charge < -0.3 is 10.4 Å². The summed E-state index contributed by atoms with van der Waals surface area (Å²) in [6.45, 7) is 5.32. The molecule has 3 heterocycles. The molecule has 0 bridgehead atoms. The van der Waals surface area contributed by atoms with E-state index < -0.39 is 49.3 Å². The average Bonchev–Trinajstić information content (AvgIpc) is 3.18. The molecule has 0 spiro atoms. The third-order valence-corrected chi connectivity index (χ3v) is 10.8. The number of carboxylic acid groups (broad SMARTS) is 1. The second-order valence-electron chi connectivity index (χ2n) is 8.98. The molecule has 2 amide bonds. The molecule has 0 radical (unpaired) electrons. The molecule has 1 fully saturated rings. The van der Waals surface area contributed by atoms with Gasteiger partial charge in [-0.2, -0.15) is 0 Å². The third-order valence-electron chi connectivity index (χ3n) is 6.56. The molecule has 2 aliphatic heterocycles. The number of hydrogen-bond donors (Lipinski definition) is 5. The van der Waals surface area contributed by atoms with Crippen molar-refractivity contribution in [3.05, 3.63) is 59.4 Å². The zero-order chi connectivity index (χ0) is 24.9. The first-order valence-corrected chi connectivity index (χ1v) is 12.3. The first kappa shape index (κ1) is 23.9. The lowest BCUT2D eigenvalue weighted by Gasteiger charge is -2.51. The van der Waals surface area contributed by atoms with Crippen LogP contribution >= 0.6 is 0 Å². The van der Waals surface area contributed by atoms with E-state index in [1.165, 1.54) is 18.2 Å². The number of rotatable bonds is 3. The molecular formula is C22H25F2N5O4S. The van der Waals surface area contributed by atoms with Crippen LogP contribution in [0.5, 0.6) is 0 Å². The number of hydrogen-bond acceptors (Lipinski definition) is 5. The molecule has 9 nitrogen and oxygen atoms in total. The Morgan fingerprint density at radius 3 is 2.56 bits per heavy atom. The standard InChI is InChI=1S/C22H25F2N5O4S/c1-21(2)19(28-20(31)32)29-22(3,17-8-9-26-34(17,21)33)14-10-13(5-6-15(14)24)27-18(30)16-7-4-12(23)11-25-16/h4-7,10-11,17,34H,8-9H2,1-3H3,(H,26,33)(H,27,30)(H,28,29)(H,31,32)/t17-,22+/m0/s1. The van der Waals surface area contributed by atoms with Crippen LogP contribution in [0, 0.1) is 11.6 Å². The van der Waals surface area contributed by atoms with E-state index in [2.05, 4.69) is 25.3 Å².